The van der Waals surface area contributed by atoms with E-state index in [1.165, 1.54) is 0 Å². The van der Waals surface area contributed by atoms with E-state index in [2.05, 4.69) is 4.90 Å². The van der Waals surface area contributed by atoms with Gasteiger partial charge in [-0.05, 0) is 25.8 Å². The summed E-state index contributed by atoms with van der Waals surface area (Å²) in [5, 5.41) is 0. The molecule has 70 valence electrons. The number of hydrogen-bond donors (Lipinski definition) is 2. The van der Waals surface area contributed by atoms with Crippen LogP contribution in [0.2, 0.25) is 0 Å². The first kappa shape index (κ1) is 9.48. The minimum atomic E-state index is -0.245. The number of nitrogens with two attached hydrogens (primary N) is 2. The average Bonchev–Trinajstić information content (AvgIpc) is 2.15. The van der Waals surface area contributed by atoms with Gasteiger partial charge in [0.15, 0.2) is 0 Å². The van der Waals surface area contributed by atoms with E-state index in [9.17, 15) is 4.79 Å². The van der Waals surface area contributed by atoms with Crippen LogP contribution in [0.5, 0.6) is 0 Å². The molecule has 0 radical (unpaired) electrons. The summed E-state index contributed by atoms with van der Waals surface area (Å²) >= 11 is 0. The van der Waals surface area contributed by atoms with Crippen molar-refractivity contribution in [3.05, 3.63) is 0 Å². The molecule has 1 aliphatic heterocycles. The van der Waals surface area contributed by atoms with Gasteiger partial charge in [0.25, 0.3) is 0 Å². The van der Waals surface area contributed by atoms with Gasteiger partial charge in [-0.25, -0.2) is 0 Å². The molecule has 1 atom stereocenters. The second-order valence-corrected chi connectivity index (χ2v) is 3.43. The molecule has 0 aliphatic carbocycles. The summed E-state index contributed by atoms with van der Waals surface area (Å²) in [6.07, 6.45) is 3.12. The number of carbonyl (C=O) groups excluding carboxylic acids is 1. The Morgan fingerprint density at radius 1 is 1.42 bits per heavy atom. The molecule has 0 aromatic rings. The highest BCUT2D eigenvalue weighted by molar-refractivity contribution is 5.75. The molecule has 0 saturated carbocycles. The monoisotopic (exact) mass is 171 g/mol. The van der Waals surface area contributed by atoms with Crippen LogP contribution >= 0.6 is 0 Å². The Balaban J connectivity index is 2.30. The molecule has 4 nitrogen and oxygen atoms in total. The van der Waals surface area contributed by atoms with Gasteiger partial charge in [0.1, 0.15) is 0 Å². The molecule has 4 N–H and O–H groups in total. The fourth-order valence-corrected chi connectivity index (χ4v) is 1.56. The minimum absolute atomic E-state index is 0.245. The summed E-state index contributed by atoms with van der Waals surface area (Å²) in [5.41, 5.74) is 10.9. The molecule has 0 aromatic heterocycles. The summed E-state index contributed by atoms with van der Waals surface area (Å²) in [4.78, 5) is 12.7. The van der Waals surface area contributed by atoms with E-state index in [1.807, 2.05) is 0 Å². The van der Waals surface area contributed by atoms with Crippen LogP contribution in [0.4, 0.5) is 0 Å². The van der Waals surface area contributed by atoms with Gasteiger partial charge in [0, 0.05) is 12.6 Å². The first-order valence-corrected chi connectivity index (χ1v) is 4.44. The van der Waals surface area contributed by atoms with Crippen LogP contribution in [0, 0.1) is 0 Å². The van der Waals surface area contributed by atoms with Crippen molar-refractivity contribution in [2.24, 2.45) is 11.5 Å². The van der Waals surface area contributed by atoms with Crippen LogP contribution in [0.15, 0.2) is 0 Å². The molecule has 1 saturated heterocycles. The standard InChI is InChI=1S/C8H17N3O/c9-7-2-1-4-11(5-3-7)6-8(10)12/h7H,1-6,9H2,(H2,10,12). The van der Waals surface area contributed by atoms with E-state index in [0.717, 1.165) is 32.4 Å². The van der Waals surface area contributed by atoms with Gasteiger partial charge in [-0.3, -0.25) is 9.69 Å². The lowest BCUT2D eigenvalue weighted by Gasteiger charge is -2.17. The third-order valence-electron chi connectivity index (χ3n) is 2.24. The summed E-state index contributed by atoms with van der Waals surface area (Å²) < 4.78 is 0. The zero-order chi connectivity index (χ0) is 8.97. The highest BCUT2D eigenvalue weighted by atomic mass is 16.1. The highest BCUT2D eigenvalue weighted by Crippen LogP contribution is 2.08. The summed E-state index contributed by atoms with van der Waals surface area (Å²) in [6.45, 7) is 2.24. The van der Waals surface area contributed by atoms with E-state index in [4.69, 9.17) is 11.5 Å². The Kier molecular flexibility index (Phi) is 3.49. The van der Waals surface area contributed by atoms with Crippen LogP contribution in [-0.2, 0) is 4.79 Å². The molecule has 1 rings (SSSR count). The van der Waals surface area contributed by atoms with Crippen LogP contribution in [0.25, 0.3) is 0 Å². The van der Waals surface area contributed by atoms with Crippen molar-refractivity contribution >= 4 is 5.91 Å². The molecule has 0 aromatic carbocycles. The molecule has 1 amide bonds. The van der Waals surface area contributed by atoms with Gasteiger partial charge in [0.2, 0.25) is 5.91 Å². The Morgan fingerprint density at radius 3 is 2.83 bits per heavy atom. The zero-order valence-corrected chi connectivity index (χ0v) is 7.33. The van der Waals surface area contributed by atoms with Crippen molar-refractivity contribution in [1.29, 1.82) is 0 Å². The predicted molar refractivity (Wildman–Crippen MR) is 47.5 cm³/mol. The molecule has 12 heavy (non-hydrogen) atoms. The van der Waals surface area contributed by atoms with Gasteiger partial charge in [-0.1, -0.05) is 0 Å². The number of amides is 1. The smallest absolute Gasteiger partial charge is 0.231 e. The second-order valence-electron chi connectivity index (χ2n) is 3.43. The second kappa shape index (κ2) is 4.42. The fraction of sp³-hybridized carbons (Fsp3) is 0.875. The number of likely N-dealkylation sites (tertiary alicyclic amines) is 1. The number of primary amides is 1. The van der Waals surface area contributed by atoms with E-state index in [-0.39, 0.29) is 5.91 Å². The lowest BCUT2D eigenvalue weighted by molar-refractivity contribution is -0.119. The molecule has 1 fully saturated rings. The highest BCUT2D eigenvalue weighted by Gasteiger charge is 2.14. The van der Waals surface area contributed by atoms with Crippen LogP contribution in [0.1, 0.15) is 19.3 Å². The van der Waals surface area contributed by atoms with Crippen molar-refractivity contribution in [3.63, 3.8) is 0 Å². The Hall–Kier alpha value is -0.610. The van der Waals surface area contributed by atoms with E-state index in [0.29, 0.717) is 12.6 Å². The van der Waals surface area contributed by atoms with Crippen LogP contribution in [-0.4, -0.2) is 36.5 Å². The molecular formula is C8H17N3O. The van der Waals surface area contributed by atoms with Crippen LogP contribution < -0.4 is 11.5 Å². The maximum Gasteiger partial charge on any atom is 0.231 e. The number of carbonyl (C=O) groups is 1. The molecule has 1 aliphatic rings. The molecule has 4 heteroatoms. The maximum atomic E-state index is 10.6. The molecule has 1 heterocycles. The summed E-state index contributed by atoms with van der Waals surface area (Å²) in [6, 6.07) is 0.308. The van der Waals surface area contributed by atoms with Gasteiger partial charge < -0.3 is 11.5 Å². The topological polar surface area (TPSA) is 72.4 Å². The SMILES string of the molecule is NC(=O)CN1CCCC(N)CC1. The van der Waals surface area contributed by atoms with Gasteiger partial charge >= 0.3 is 0 Å². The van der Waals surface area contributed by atoms with Gasteiger partial charge in [-0.2, -0.15) is 0 Å². The van der Waals surface area contributed by atoms with E-state index in [1.54, 1.807) is 0 Å². The van der Waals surface area contributed by atoms with Gasteiger partial charge in [0.05, 0.1) is 6.54 Å². The Labute approximate surface area is 72.9 Å². The lowest BCUT2D eigenvalue weighted by Crippen LogP contribution is -2.34. The van der Waals surface area contributed by atoms with Crippen LogP contribution in [0.3, 0.4) is 0 Å². The first-order chi connectivity index (χ1) is 5.68. The Bertz CT molecular complexity index is 160. The Morgan fingerprint density at radius 2 is 2.17 bits per heavy atom. The summed E-state index contributed by atoms with van der Waals surface area (Å²) in [7, 11) is 0. The normalized spacial score (nSPS) is 26.6. The summed E-state index contributed by atoms with van der Waals surface area (Å²) in [5.74, 6) is -0.245. The number of rotatable bonds is 2. The molecule has 0 bridgehead atoms. The minimum Gasteiger partial charge on any atom is -0.369 e. The molecule has 0 spiro atoms. The zero-order valence-electron chi connectivity index (χ0n) is 7.33. The van der Waals surface area contributed by atoms with Crippen molar-refractivity contribution in [2.45, 2.75) is 25.3 Å². The van der Waals surface area contributed by atoms with E-state index < -0.39 is 0 Å². The quantitative estimate of drug-likeness (QED) is 0.576. The third-order valence-corrected chi connectivity index (χ3v) is 2.24. The number of nitrogens with zero attached hydrogens (tertiary/aromatic N) is 1. The molecule has 1 unspecified atom stereocenters. The van der Waals surface area contributed by atoms with Crippen molar-refractivity contribution in [2.75, 3.05) is 19.6 Å². The van der Waals surface area contributed by atoms with Crippen molar-refractivity contribution in [1.82, 2.24) is 4.90 Å². The maximum absolute atomic E-state index is 10.6. The first-order valence-electron chi connectivity index (χ1n) is 4.44. The fourth-order valence-electron chi connectivity index (χ4n) is 1.56. The van der Waals surface area contributed by atoms with E-state index >= 15 is 0 Å². The largest absolute Gasteiger partial charge is 0.369 e. The molecular weight excluding hydrogens is 154 g/mol. The van der Waals surface area contributed by atoms with Gasteiger partial charge in [-0.15, -0.1) is 0 Å². The predicted octanol–water partition coefficient (Wildman–Crippen LogP) is -0.715. The van der Waals surface area contributed by atoms with Crippen molar-refractivity contribution < 1.29 is 4.79 Å². The lowest BCUT2D eigenvalue weighted by atomic mass is 10.1. The average molecular weight is 171 g/mol. The number of hydrogen-bond acceptors (Lipinski definition) is 3. The third kappa shape index (κ3) is 3.19. The van der Waals surface area contributed by atoms with Crippen molar-refractivity contribution in [3.8, 4) is 0 Å².